The van der Waals surface area contributed by atoms with Gasteiger partial charge in [0, 0.05) is 16.7 Å². The standard InChI is InChI=1S/C17H12O3/c1-10-7-8-12-13(9-10)17(20)14(16(12)19)15(18)11-5-3-2-4-6-11/h2-9,14H,1H3. The molecule has 3 rings (SSSR count). The third-order valence-electron chi connectivity index (χ3n) is 3.55. The summed E-state index contributed by atoms with van der Waals surface area (Å²) >= 11 is 0. The maximum atomic E-state index is 12.4. The van der Waals surface area contributed by atoms with Crippen LogP contribution >= 0.6 is 0 Å². The number of fused-ring (bicyclic) bond motifs is 1. The van der Waals surface area contributed by atoms with Gasteiger partial charge in [-0.05, 0) is 13.0 Å². The quantitative estimate of drug-likeness (QED) is 0.619. The first-order valence-electron chi connectivity index (χ1n) is 6.38. The van der Waals surface area contributed by atoms with Crippen molar-refractivity contribution < 1.29 is 14.4 Å². The molecule has 0 saturated carbocycles. The minimum Gasteiger partial charge on any atom is -0.293 e. The summed E-state index contributed by atoms with van der Waals surface area (Å²) in [6.45, 7) is 1.85. The first kappa shape index (κ1) is 12.5. The van der Waals surface area contributed by atoms with Crippen molar-refractivity contribution in [3.63, 3.8) is 0 Å². The van der Waals surface area contributed by atoms with E-state index in [2.05, 4.69) is 0 Å². The van der Waals surface area contributed by atoms with Crippen molar-refractivity contribution in [2.24, 2.45) is 5.92 Å². The monoisotopic (exact) mass is 264 g/mol. The van der Waals surface area contributed by atoms with Gasteiger partial charge in [-0.15, -0.1) is 0 Å². The van der Waals surface area contributed by atoms with Gasteiger partial charge in [-0.25, -0.2) is 0 Å². The van der Waals surface area contributed by atoms with E-state index >= 15 is 0 Å². The van der Waals surface area contributed by atoms with Crippen LogP contribution in [0.4, 0.5) is 0 Å². The van der Waals surface area contributed by atoms with Crippen molar-refractivity contribution in [2.75, 3.05) is 0 Å². The highest BCUT2D eigenvalue weighted by atomic mass is 16.2. The first-order chi connectivity index (χ1) is 9.59. The summed E-state index contributed by atoms with van der Waals surface area (Å²) in [7, 11) is 0. The van der Waals surface area contributed by atoms with Gasteiger partial charge < -0.3 is 0 Å². The lowest BCUT2D eigenvalue weighted by Gasteiger charge is -2.05. The predicted octanol–water partition coefficient (Wildman–Crippen LogP) is 2.87. The van der Waals surface area contributed by atoms with Crippen LogP contribution in [0.5, 0.6) is 0 Å². The molecule has 20 heavy (non-hydrogen) atoms. The fourth-order valence-corrected chi connectivity index (χ4v) is 2.51. The van der Waals surface area contributed by atoms with Gasteiger partial charge >= 0.3 is 0 Å². The number of benzene rings is 2. The van der Waals surface area contributed by atoms with Crippen molar-refractivity contribution in [2.45, 2.75) is 6.92 Å². The molecule has 0 bridgehead atoms. The maximum absolute atomic E-state index is 12.4. The van der Waals surface area contributed by atoms with Gasteiger partial charge in [0.1, 0.15) is 5.92 Å². The SMILES string of the molecule is Cc1ccc2c(c1)C(=O)C(C(=O)c1ccccc1)C2=O. The summed E-state index contributed by atoms with van der Waals surface area (Å²) in [4.78, 5) is 37.0. The highest BCUT2D eigenvalue weighted by Gasteiger charge is 2.43. The number of carbonyl (C=O) groups excluding carboxylic acids is 3. The molecule has 2 aromatic rings. The van der Waals surface area contributed by atoms with Crippen molar-refractivity contribution in [1.29, 1.82) is 0 Å². The second-order valence-corrected chi connectivity index (χ2v) is 4.94. The number of Topliss-reactive ketones (excluding diaryl/α,β-unsaturated/α-hetero) is 3. The van der Waals surface area contributed by atoms with Crippen molar-refractivity contribution in [1.82, 2.24) is 0 Å². The zero-order valence-corrected chi connectivity index (χ0v) is 10.9. The molecule has 3 heteroatoms. The van der Waals surface area contributed by atoms with Crippen LogP contribution in [0.1, 0.15) is 36.6 Å². The average molecular weight is 264 g/mol. The van der Waals surface area contributed by atoms with Crippen LogP contribution in [0.3, 0.4) is 0 Å². The van der Waals surface area contributed by atoms with E-state index in [-0.39, 0.29) is 11.6 Å². The van der Waals surface area contributed by atoms with Crippen molar-refractivity contribution in [3.05, 3.63) is 70.8 Å². The zero-order valence-electron chi connectivity index (χ0n) is 10.9. The van der Waals surface area contributed by atoms with Gasteiger partial charge in [0.2, 0.25) is 0 Å². The van der Waals surface area contributed by atoms with Gasteiger partial charge in [0.25, 0.3) is 0 Å². The summed E-state index contributed by atoms with van der Waals surface area (Å²) in [6.07, 6.45) is 0. The molecule has 1 aliphatic rings. The zero-order chi connectivity index (χ0) is 14.3. The minimum absolute atomic E-state index is 0.356. The molecule has 0 N–H and O–H groups in total. The Labute approximate surface area is 116 Å². The number of ketones is 3. The fourth-order valence-electron chi connectivity index (χ4n) is 2.51. The molecule has 98 valence electrons. The molecular weight excluding hydrogens is 252 g/mol. The predicted molar refractivity (Wildman–Crippen MR) is 74.1 cm³/mol. The number of rotatable bonds is 2. The normalized spacial score (nSPS) is 17.1. The molecule has 2 aromatic carbocycles. The molecule has 0 aromatic heterocycles. The first-order valence-corrected chi connectivity index (χ1v) is 6.38. The highest BCUT2D eigenvalue weighted by molar-refractivity contribution is 6.37. The van der Waals surface area contributed by atoms with Crippen molar-refractivity contribution in [3.8, 4) is 0 Å². The lowest BCUT2D eigenvalue weighted by atomic mass is 9.93. The van der Waals surface area contributed by atoms with Gasteiger partial charge in [-0.3, -0.25) is 14.4 Å². The summed E-state index contributed by atoms with van der Waals surface area (Å²) in [5.74, 6) is -2.41. The second kappa shape index (κ2) is 4.53. The van der Waals surface area contributed by atoms with E-state index in [1.54, 1.807) is 48.5 Å². The van der Waals surface area contributed by atoms with E-state index in [4.69, 9.17) is 0 Å². The third-order valence-corrected chi connectivity index (χ3v) is 3.55. The van der Waals surface area contributed by atoms with Gasteiger partial charge in [-0.1, -0.05) is 48.0 Å². The molecule has 0 spiro atoms. The Kier molecular flexibility index (Phi) is 2.83. The number of carbonyl (C=O) groups is 3. The molecule has 0 heterocycles. The Morgan fingerprint density at radius 3 is 2.25 bits per heavy atom. The van der Waals surface area contributed by atoms with Crippen LogP contribution in [0, 0.1) is 12.8 Å². The van der Waals surface area contributed by atoms with Crippen LogP contribution in [0.15, 0.2) is 48.5 Å². The summed E-state index contributed by atoms with van der Waals surface area (Å²) in [6, 6.07) is 13.5. The molecule has 3 nitrogen and oxygen atoms in total. The Balaban J connectivity index is 2.04. The van der Waals surface area contributed by atoms with Crippen LogP contribution < -0.4 is 0 Å². The van der Waals surface area contributed by atoms with Crippen LogP contribution in [0.25, 0.3) is 0 Å². The highest BCUT2D eigenvalue weighted by Crippen LogP contribution is 2.29. The maximum Gasteiger partial charge on any atom is 0.182 e. The van der Waals surface area contributed by atoms with Crippen LogP contribution in [-0.2, 0) is 0 Å². The molecule has 1 unspecified atom stereocenters. The number of aryl methyl sites for hydroxylation is 1. The smallest absolute Gasteiger partial charge is 0.182 e. The van der Waals surface area contributed by atoms with Crippen molar-refractivity contribution >= 4 is 17.3 Å². The van der Waals surface area contributed by atoms with E-state index in [9.17, 15) is 14.4 Å². The fraction of sp³-hybridized carbons (Fsp3) is 0.118. The summed E-state index contributed by atoms with van der Waals surface area (Å²) in [5, 5.41) is 0. The Morgan fingerprint density at radius 1 is 0.900 bits per heavy atom. The molecule has 1 atom stereocenters. The largest absolute Gasteiger partial charge is 0.293 e. The van der Waals surface area contributed by atoms with E-state index in [0.29, 0.717) is 16.7 Å². The summed E-state index contributed by atoms with van der Waals surface area (Å²) in [5.41, 5.74) is 2.01. The molecule has 0 radical (unpaired) electrons. The molecule has 0 aliphatic heterocycles. The third kappa shape index (κ3) is 1.79. The van der Waals surface area contributed by atoms with Crippen LogP contribution in [0.2, 0.25) is 0 Å². The number of hydrogen-bond acceptors (Lipinski definition) is 3. The Hall–Kier alpha value is -2.55. The van der Waals surface area contributed by atoms with Crippen LogP contribution in [-0.4, -0.2) is 17.3 Å². The van der Waals surface area contributed by atoms with Gasteiger partial charge in [-0.2, -0.15) is 0 Å². The summed E-state index contributed by atoms with van der Waals surface area (Å²) < 4.78 is 0. The lowest BCUT2D eigenvalue weighted by molar-refractivity contribution is 0.0756. The minimum atomic E-state index is -1.21. The Bertz CT molecular complexity index is 729. The van der Waals surface area contributed by atoms with E-state index < -0.39 is 11.7 Å². The van der Waals surface area contributed by atoms with E-state index in [1.807, 2.05) is 6.92 Å². The van der Waals surface area contributed by atoms with Gasteiger partial charge in [0.05, 0.1) is 0 Å². The van der Waals surface area contributed by atoms with Gasteiger partial charge in [0.15, 0.2) is 17.3 Å². The van der Waals surface area contributed by atoms with E-state index in [0.717, 1.165) is 5.56 Å². The molecule has 0 amide bonds. The van der Waals surface area contributed by atoms with E-state index in [1.165, 1.54) is 0 Å². The average Bonchev–Trinajstić information content (AvgIpc) is 2.71. The molecular formula is C17H12O3. The second-order valence-electron chi connectivity index (χ2n) is 4.94. The number of hydrogen-bond donors (Lipinski definition) is 0. The Morgan fingerprint density at radius 2 is 1.55 bits per heavy atom. The topological polar surface area (TPSA) is 51.2 Å². The molecule has 0 saturated heterocycles. The molecule has 1 aliphatic carbocycles. The lowest BCUT2D eigenvalue weighted by Crippen LogP contribution is -2.25. The molecule has 0 fully saturated rings.